The fraction of sp³-hybridized carbons (Fsp3) is 0.833. The molecule has 0 amide bonds. The smallest absolute Gasteiger partial charge is 0.310 e. The minimum absolute atomic E-state index is 0.00926. The molecule has 9 heavy (non-hydrogen) atoms. The molecule has 3 nitrogen and oxygen atoms in total. The minimum Gasteiger partial charge on any atom is -0.465 e. The number of cyclic esters (lactones) is 1. The number of nitrogens with one attached hydrogen (secondary N) is 1. The highest BCUT2D eigenvalue weighted by Gasteiger charge is 2.39. The van der Waals surface area contributed by atoms with Crippen molar-refractivity contribution in [1.82, 2.24) is 5.32 Å². The first kappa shape index (κ1) is 5.23. The Morgan fingerprint density at radius 2 is 2.44 bits per heavy atom. The molecule has 0 aromatic heterocycles. The average Bonchev–Trinajstić information content (AvgIpc) is 2.35. The fourth-order valence-corrected chi connectivity index (χ4v) is 1.48. The van der Waals surface area contributed by atoms with Crippen LogP contribution in [0.3, 0.4) is 0 Å². The first-order chi connectivity index (χ1) is 4.38. The lowest BCUT2D eigenvalue weighted by molar-refractivity contribution is -0.141. The van der Waals surface area contributed by atoms with E-state index in [1.807, 2.05) is 0 Å². The number of carbonyl (C=O) groups is 1. The van der Waals surface area contributed by atoms with Crippen LogP contribution in [0, 0.1) is 11.8 Å². The summed E-state index contributed by atoms with van der Waals surface area (Å²) >= 11 is 0. The third-order valence-corrected chi connectivity index (χ3v) is 2.08. The third-order valence-electron chi connectivity index (χ3n) is 2.08. The third kappa shape index (κ3) is 0.645. The van der Waals surface area contributed by atoms with Crippen molar-refractivity contribution >= 4 is 5.97 Å². The number of hydrogen-bond donors (Lipinski definition) is 1. The molecule has 0 aromatic carbocycles. The van der Waals surface area contributed by atoms with E-state index < -0.39 is 0 Å². The van der Waals surface area contributed by atoms with Crippen LogP contribution in [0.1, 0.15) is 0 Å². The van der Waals surface area contributed by atoms with Gasteiger partial charge < -0.3 is 10.1 Å². The van der Waals surface area contributed by atoms with Crippen molar-refractivity contribution in [2.45, 2.75) is 0 Å². The fourth-order valence-electron chi connectivity index (χ4n) is 1.48. The Kier molecular flexibility index (Phi) is 0.990. The molecule has 2 saturated heterocycles. The van der Waals surface area contributed by atoms with Gasteiger partial charge in [-0.2, -0.15) is 0 Å². The Labute approximate surface area is 53.4 Å². The van der Waals surface area contributed by atoms with Gasteiger partial charge in [0.2, 0.25) is 0 Å². The highest BCUT2D eigenvalue weighted by Crippen LogP contribution is 2.24. The molecule has 0 spiro atoms. The number of carbonyl (C=O) groups excluding carboxylic acids is 1. The molecule has 0 aromatic rings. The first-order valence-electron chi connectivity index (χ1n) is 3.25. The second kappa shape index (κ2) is 1.70. The summed E-state index contributed by atoms with van der Waals surface area (Å²) in [6.07, 6.45) is 0. The molecule has 2 atom stereocenters. The summed E-state index contributed by atoms with van der Waals surface area (Å²) in [6, 6.07) is 0. The van der Waals surface area contributed by atoms with Crippen LogP contribution in [0.4, 0.5) is 0 Å². The molecule has 1 N–H and O–H groups in total. The molecule has 0 aliphatic carbocycles. The van der Waals surface area contributed by atoms with E-state index in [9.17, 15) is 4.79 Å². The monoisotopic (exact) mass is 127 g/mol. The molecule has 2 rings (SSSR count). The van der Waals surface area contributed by atoms with E-state index in [1.54, 1.807) is 0 Å². The van der Waals surface area contributed by atoms with Crippen molar-refractivity contribution in [3.05, 3.63) is 0 Å². The van der Waals surface area contributed by atoms with Crippen LogP contribution < -0.4 is 5.32 Å². The molecule has 0 bridgehead atoms. The van der Waals surface area contributed by atoms with E-state index in [0.717, 1.165) is 13.1 Å². The van der Waals surface area contributed by atoms with E-state index in [-0.39, 0.29) is 11.9 Å². The standard InChI is InChI=1S/C6H9NO2/c8-6-5-2-7-1-4(5)3-9-6/h4-5,7H,1-3H2. The van der Waals surface area contributed by atoms with Crippen LogP contribution in [-0.2, 0) is 9.53 Å². The lowest BCUT2D eigenvalue weighted by atomic mass is 10.0. The van der Waals surface area contributed by atoms with Crippen molar-refractivity contribution in [2.24, 2.45) is 11.8 Å². The summed E-state index contributed by atoms with van der Waals surface area (Å²) in [5, 5.41) is 3.15. The predicted octanol–water partition coefficient (Wildman–Crippen LogP) is -0.621. The van der Waals surface area contributed by atoms with Gasteiger partial charge in [-0.05, 0) is 0 Å². The molecule has 2 heterocycles. The number of rotatable bonds is 0. The van der Waals surface area contributed by atoms with Crippen molar-refractivity contribution < 1.29 is 9.53 Å². The maximum absolute atomic E-state index is 10.8. The zero-order valence-corrected chi connectivity index (χ0v) is 5.09. The topological polar surface area (TPSA) is 38.3 Å². The van der Waals surface area contributed by atoms with Crippen molar-refractivity contribution in [2.75, 3.05) is 19.7 Å². The van der Waals surface area contributed by atoms with Gasteiger partial charge >= 0.3 is 5.97 Å². The normalized spacial score (nSPS) is 40.7. The summed E-state index contributed by atoms with van der Waals surface area (Å²) in [5.74, 6) is 0.632. The van der Waals surface area contributed by atoms with Crippen molar-refractivity contribution in [3.8, 4) is 0 Å². The minimum atomic E-state index is -0.00926. The van der Waals surface area contributed by atoms with Gasteiger partial charge in [0.05, 0.1) is 12.5 Å². The molecule has 2 unspecified atom stereocenters. The second-order valence-electron chi connectivity index (χ2n) is 2.65. The van der Waals surface area contributed by atoms with Crippen molar-refractivity contribution in [1.29, 1.82) is 0 Å². The van der Waals surface area contributed by atoms with E-state index in [2.05, 4.69) is 5.32 Å². The Morgan fingerprint density at radius 1 is 1.56 bits per heavy atom. The maximum Gasteiger partial charge on any atom is 0.310 e. The lowest BCUT2D eigenvalue weighted by Crippen LogP contribution is -2.15. The van der Waals surface area contributed by atoms with Gasteiger partial charge in [-0.3, -0.25) is 4.79 Å². The van der Waals surface area contributed by atoms with Crippen LogP contribution in [-0.4, -0.2) is 25.7 Å². The van der Waals surface area contributed by atoms with Crippen LogP contribution >= 0.6 is 0 Å². The molecule has 2 fully saturated rings. The summed E-state index contributed by atoms with van der Waals surface area (Å²) in [7, 11) is 0. The largest absolute Gasteiger partial charge is 0.465 e. The number of ether oxygens (including phenoxy) is 1. The Bertz CT molecular complexity index is 146. The van der Waals surface area contributed by atoms with Gasteiger partial charge in [0.25, 0.3) is 0 Å². The van der Waals surface area contributed by atoms with Gasteiger partial charge in [0, 0.05) is 19.0 Å². The summed E-state index contributed by atoms with van der Waals surface area (Å²) < 4.78 is 4.84. The molecular formula is C6H9NO2. The summed E-state index contributed by atoms with van der Waals surface area (Å²) in [6.45, 7) is 2.41. The SMILES string of the molecule is O=C1OCC2CNCC12. The van der Waals surface area contributed by atoms with Crippen LogP contribution in [0.25, 0.3) is 0 Å². The second-order valence-corrected chi connectivity index (χ2v) is 2.65. The zero-order valence-electron chi connectivity index (χ0n) is 5.09. The molecular weight excluding hydrogens is 118 g/mol. The Hall–Kier alpha value is -0.570. The summed E-state index contributed by atoms with van der Waals surface area (Å²) in [5.41, 5.74) is 0. The van der Waals surface area contributed by atoms with Gasteiger partial charge in [-0.25, -0.2) is 0 Å². The average molecular weight is 127 g/mol. The van der Waals surface area contributed by atoms with Crippen molar-refractivity contribution in [3.63, 3.8) is 0 Å². The van der Waals surface area contributed by atoms with Crippen LogP contribution in [0.15, 0.2) is 0 Å². The molecule has 0 radical (unpaired) electrons. The maximum atomic E-state index is 10.8. The highest BCUT2D eigenvalue weighted by molar-refractivity contribution is 5.75. The van der Waals surface area contributed by atoms with Gasteiger partial charge in [0.15, 0.2) is 0 Å². The van der Waals surface area contributed by atoms with Crippen LogP contribution in [0.2, 0.25) is 0 Å². The number of esters is 1. The first-order valence-corrected chi connectivity index (χ1v) is 3.25. The van der Waals surface area contributed by atoms with E-state index in [1.165, 1.54) is 0 Å². The van der Waals surface area contributed by atoms with Gasteiger partial charge in [0.1, 0.15) is 0 Å². The lowest BCUT2D eigenvalue weighted by Gasteiger charge is -1.96. The van der Waals surface area contributed by atoms with Gasteiger partial charge in [-0.1, -0.05) is 0 Å². The molecule has 50 valence electrons. The van der Waals surface area contributed by atoms with E-state index in [0.29, 0.717) is 12.5 Å². The van der Waals surface area contributed by atoms with Crippen LogP contribution in [0.5, 0.6) is 0 Å². The zero-order chi connectivity index (χ0) is 6.27. The Morgan fingerprint density at radius 3 is 3.22 bits per heavy atom. The number of fused-ring (bicyclic) bond motifs is 1. The van der Waals surface area contributed by atoms with Gasteiger partial charge in [-0.15, -0.1) is 0 Å². The molecule has 2 aliphatic rings. The Balaban J connectivity index is 2.15. The molecule has 3 heteroatoms. The molecule has 0 saturated carbocycles. The van der Waals surface area contributed by atoms with E-state index >= 15 is 0 Å². The predicted molar refractivity (Wildman–Crippen MR) is 30.8 cm³/mol. The summed E-state index contributed by atoms with van der Waals surface area (Å²) in [4.78, 5) is 10.8. The van der Waals surface area contributed by atoms with E-state index in [4.69, 9.17) is 4.74 Å². The number of hydrogen-bond acceptors (Lipinski definition) is 3. The highest BCUT2D eigenvalue weighted by atomic mass is 16.5. The molecule has 2 aliphatic heterocycles. The quantitative estimate of drug-likeness (QED) is 0.441.